The van der Waals surface area contributed by atoms with Crippen LogP contribution in [0.2, 0.25) is 0 Å². The summed E-state index contributed by atoms with van der Waals surface area (Å²) in [5.74, 6) is -0.350. The van der Waals surface area contributed by atoms with Crippen molar-refractivity contribution in [3.63, 3.8) is 0 Å². The van der Waals surface area contributed by atoms with E-state index in [2.05, 4.69) is 28.1 Å². The molecule has 1 aromatic rings. The number of aliphatic carboxylic acids is 1. The summed E-state index contributed by atoms with van der Waals surface area (Å²) in [6.45, 7) is 0.707. The quantitative estimate of drug-likeness (QED) is 0.906. The lowest BCUT2D eigenvalue weighted by molar-refractivity contribution is -0.140. The first-order valence-corrected chi connectivity index (χ1v) is 8.13. The number of carbonyl (C=O) groups excluding carboxylic acids is 1. The third-order valence-corrected chi connectivity index (χ3v) is 4.95. The first kappa shape index (κ1) is 14.6. The molecule has 1 aliphatic heterocycles. The number of benzene rings is 1. The molecule has 4 nitrogen and oxygen atoms in total. The Morgan fingerprint density at radius 2 is 2.19 bits per heavy atom. The summed E-state index contributed by atoms with van der Waals surface area (Å²) in [4.78, 5) is 25.3. The number of carbonyl (C=O) groups is 2. The fraction of sp³-hybridized carbons (Fsp3) is 0.500. The number of hydrogen-bond acceptors (Lipinski definition) is 2. The van der Waals surface area contributed by atoms with E-state index in [0.29, 0.717) is 12.5 Å². The minimum Gasteiger partial charge on any atom is -0.481 e. The summed E-state index contributed by atoms with van der Waals surface area (Å²) in [7, 11) is 0. The molecule has 5 heteroatoms. The molecule has 1 N–H and O–H groups in total. The van der Waals surface area contributed by atoms with Gasteiger partial charge in [-0.15, -0.1) is 0 Å². The zero-order valence-corrected chi connectivity index (χ0v) is 13.3. The van der Waals surface area contributed by atoms with E-state index in [-0.39, 0.29) is 24.3 Å². The molecule has 1 saturated carbocycles. The Balaban J connectivity index is 1.66. The standard InChI is InChI=1S/C16H18BrNO3/c17-11-4-1-3-10(7-11)13-9-14(13)16(21)18-6-2-5-12(18)8-15(19)20/h1,3-4,7,12-14H,2,5-6,8-9H2,(H,19,20). The molecule has 21 heavy (non-hydrogen) atoms. The summed E-state index contributed by atoms with van der Waals surface area (Å²) < 4.78 is 1.03. The predicted molar refractivity (Wildman–Crippen MR) is 82.0 cm³/mol. The van der Waals surface area contributed by atoms with Gasteiger partial charge in [0.1, 0.15) is 0 Å². The van der Waals surface area contributed by atoms with Crippen LogP contribution < -0.4 is 0 Å². The normalized spacial score (nSPS) is 27.7. The summed E-state index contributed by atoms with van der Waals surface area (Å²) in [6, 6.07) is 7.98. The highest BCUT2D eigenvalue weighted by molar-refractivity contribution is 9.10. The van der Waals surface area contributed by atoms with Crippen LogP contribution in [0.15, 0.2) is 28.7 Å². The van der Waals surface area contributed by atoms with Gasteiger partial charge in [0, 0.05) is 23.0 Å². The van der Waals surface area contributed by atoms with E-state index in [9.17, 15) is 9.59 Å². The van der Waals surface area contributed by atoms with Crippen LogP contribution in [-0.2, 0) is 9.59 Å². The molecular formula is C16H18BrNO3. The molecule has 1 amide bonds. The van der Waals surface area contributed by atoms with Gasteiger partial charge in [-0.05, 0) is 42.9 Å². The fourth-order valence-corrected chi connectivity index (χ4v) is 3.74. The van der Waals surface area contributed by atoms with E-state index in [4.69, 9.17) is 5.11 Å². The lowest BCUT2D eigenvalue weighted by Gasteiger charge is -2.23. The first-order chi connectivity index (χ1) is 10.1. The summed E-state index contributed by atoms with van der Waals surface area (Å²) in [5, 5.41) is 8.95. The summed E-state index contributed by atoms with van der Waals surface area (Å²) in [6.07, 6.45) is 2.68. The second-order valence-electron chi connectivity index (χ2n) is 5.93. The van der Waals surface area contributed by atoms with Crippen molar-refractivity contribution in [3.8, 4) is 0 Å². The van der Waals surface area contributed by atoms with Gasteiger partial charge in [0.25, 0.3) is 0 Å². The number of carboxylic acid groups (broad SMARTS) is 1. The van der Waals surface area contributed by atoms with Crippen molar-refractivity contribution in [2.75, 3.05) is 6.54 Å². The number of amides is 1. The molecule has 3 unspecified atom stereocenters. The van der Waals surface area contributed by atoms with E-state index in [1.807, 2.05) is 12.1 Å². The van der Waals surface area contributed by atoms with Crippen LogP contribution in [0.1, 0.15) is 37.2 Å². The van der Waals surface area contributed by atoms with Crippen molar-refractivity contribution in [2.24, 2.45) is 5.92 Å². The number of hydrogen-bond donors (Lipinski definition) is 1. The van der Waals surface area contributed by atoms with E-state index < -0.39 is 5.97 Å². The average Bonchev–Trinajstić information content (AvgIpc) is 3.11. The highest BCUT2D eigenvalue weighted by Crippen LogP contribution is 2.49. The van der Waals surface area contributed by atoms with Crippen molar-refractivity contribution in [1.29, 1.82) is 0 Å². The predicted octanol–water partition coefficient (Wildman–Crippen LogP) is 3.02. The number of rotatable bonds is 4. The minimum absolute atomic E-state index is 0.0358. The van der Waals surface area contributed by atoms with Crippen LogP contribution in [0.3, 0.4) is 0 Å². The maximum Gasteiger partial charge on any atom is 0.305 e. The van der Waals surface area contributed by atoms with Crippen LogP contribution in [0.25, 0.3) is 0 Å². The van der Waals surface area contributed by atoms with Crippen molar-refractivity contribution < 1.29 is 14.7 Å². The van der Waals surface area contributed by atoms with Crippen molar-refractivity contribution >= 4 is 27.8 Å². The first-order valence-electron chi connectivity index (χ1n) is 7.34. The molecule has 1 aliphatic carbocycles. The van der Waals surface area contributed by atoms with E-state index in [0.717, 1.165) is 23.7 Å². The molecule has 3 rings (SSSR count). The second kappa shape index (κ2) is 5.79. The van der Waals surface area contributed by atoms with E-state index >= 15 is 0 Å². The number of halogens is 1. The molecule has 0 radical (unpaired) electrons. The molecule has 1 saturated heterocycles. The number of nitrogens with zero attached hydrogens (tertiary/aromatic N) is 1. The monoisotopic (exact) mass is 351 g/mol. The Morgan fingerprint density at radius 1 is 1.38 bits per heavy atom. The Labute approximate surface area is 132 Å². The number of carboxylic acids is 1. The van der Waals surface area contributed by atoms with Gasteiger partial charge in [0.05, 0.1) is 6.42 Å². The van der Waals surface area contributed by atoms with E-state index in [1.165, 1.54) is 5.56 Å². The van der Waals surface area contributed by atoms with Crippen LogP contribution in [0.4, 0.5) is 0 Å². The lowest BCUT2D eigenvalue weighted by atomic mass is 10.1. The van der Waals surface area contributed by atoms with Crippen LogP contribution in [0.5, 0.6) is 0 Å². The largest absolute Gasteiger partial charge is 0.481 e. The van der Waals surface area contributed by atoms with Gasteiger partial charge in [-0.3, -0.25) is 9.59 Å². The highest BCUT2D eigenvalue weighted by Gasteiger charge is 2.47. The molecule has 2 fully saturated rings. The SMILES string of the molecule is O=C(O)CC1CCCN1C(=O)C1CC1c1cccc(Br)c1. The van der Waals surface area contributed by atoms with Gasteiger partial charge in [0.15, 0.2) is 0 Å². The zero-order chi connectivity index (χ0) is 15.0. The third kappa shape index (κ3) is 3.12. The Kier molecular flexibility index (Phi) is 4.02. The lowest BCUT2D eigenvalue weighted by Crippen LogP contribution is -2.38. The molecule has 0 bridgehead atoms. The molecule has 0 aromatic heterocycles. The van der Waals surface area contributed by atoms with E-state index in [1.54, 1.807) is 4.90 Å². The summed E-state index contributed by atoms with van der Waals surface area (Å²) >= 11 is 3.46. The third-order valence-electron chi connectivity index (χ3n) is 4.45. The molecule has 1 heterocycles. The maximum atomic E-state index is 12.6. The maximum absolute atomic E-state index is 12.6. The zero-order valence-electron chi connectivity index (χ0n) is 11.7. The Hall–Kier alpha value is -1.36. The molecule has 3 atom stereocenters. The average molecular weight is 352 g/mol. The fourth-order valence-electron chi connectivity index (χ4n) is 3.33. The molecule has 0 spiro atoms. The smallest absolute Gasteiger partial charge is 0.305 e. The van der Waals surface area contributed by atoms with Gasteiger partial charge in [-0.2, -0.15) is 0 Å². The van der Waals surface area contributed by atoms with Gasteiger partial charge in [-0.1, -0.05) is 28.1 Å². The topological polar surface area (TPSA) is 57.6 Å². The highest BCUT2D eigenvalue weighted by atomic mass is 79.9. The molecule has 2 aliphatic rings. The van der Waals surface area contributed by atoms with Gasteiger partial charge < -0.3 is 10.0 Å². The van der Waals surface area contributed by atoms with Crippen LogP contribution in [-0.4, -0.2) is 34.5 Å². The molecule has 112 valence electrons. The molecule has 1 aromatic carbocycles. The van der Waals surface area contributed by atoms with Crippen molar-refractivity contribution in [3.05, 3.63) is 34.3 Å². The van der Waals surface area contributed by atoms with Crippen molar-refractivity contribution in [2.45, 2.75) is 37.6 Å². The Morgan fingerprint density at radius 3 is 2.90 bits per heavy atom. The van der Waals surface area contributed by atoms with Crippen LogP contribution in [0, 0.1) is 5.92 Å². The molecular weight excluding hydrogens is 334 g/mol. The second-order valence-corrected chi connectivity index (χ2v) is 6.84. The van der Waals surface area contributed by atoms with Gasteiger partial charge in [-0.25, -0.2) is 0 Å². The van der Waals surface area contributed by atoms with Gasteiger partial charge in [0.2, 0.25) is 5.91 Å². The van der Waals surface area contributed by atoms with Crippen LogP contribution >= 0.6 is 15.9 Å². The number of likely N-dealkylation sites (tertiary alicyclic amines) is 1. The summed E-state index contributed by atoms with van der Waals surface area (Å²) in [5.41, 5.74) is 1.19. The van der Waals surface area contributed by atoms with Gasteiger partial charge >= 0.3 is 5.97 Å². The minimum atomic E-state index is -0.820. The Bertz CT molecular complexity index is 574. The van der Waals surface area contributed by atoms with Crippen molar-refractivity contribution in [1.82, 2.24) is 4.90 Å².